The van der Waals surface area contributed by atoms with Gasteiger partial charge in [0.05, 0.1) is 15.2 Å². The summed E-state index contributed by atoms with van der Waals surface area (Å²) < 4.78 is 1.23. The molecule has 2 heterocycles. The van der Waals surface area contributed by atoms with Crippen molar-refractivity contribution in [3.05, 3.63) is 62.6 Å². The Bertz CT molecular complexity index is 894. The highest BCUT2D eigenvalue weighted by atomic mass is 35.5. The van der Waals surface area contributed by atoms with Crippen molar-refractivity contribution in [3.8, 4) is 0 Å². The molecule has 0 saturated carbocycles. The third-order valence-corrected chi connectivity index (χ3v) is 6.48. The average molecular weight is 428 g/mol. The molecule has 0 spiro atoms. The van der Waals surface area contributed by atoms with Gasteiger partial charge in [-0.25, -0.2) is 4.98 Å². The molecule has 138 valence electrons. The van der Waals surface area contributed by atoms with E-state index in [1.54, 1.807) is 11.3 Å². The molecule has 0 fully saturated rings. The summed E-state index contributed by atoms with van der Waals surface area (Å²) in [5.74, 6) is 0. The van der Waals surface area contributed by atoms with Crippen molar-refractivity contribution >= 4 is 57.2 Å². The maximum atomic E-state index is 6.30. The predicted molar refractivity (Wildman–Crippen MR) is 115 cm³/mol. The van der Waals surface area contributed by atoms with E-state index >= 15 is 0 Å². The molecule has 2 aromatic carbocycles. The van der Waals surface area contributed by atoms with Crippen molar-refractivity contribution in [1.29, 1.82) is 0 Å². The molecule has 0 N–H and O–H groups in total. The Hall–Kier alpha value is -0.840. The number of nitrogens with zero attached hydrogens (tertiary/aromatic N) is 2. The molecule has 26 heavy (non-hydrogen) atoms. The van der Waals surface area contributed by atoms with E-state index in [1.807, 2.05) is 18.2 Å². The van der Waals surface area contributed by atoms with Gasteiger partial charge in [-0.05, 0) is 67.6 Å². The molecule has 0 saturated heterocycles. The largest absolute Gasteiger partial charge is 0.299 e. The molecule has 0 atom stereocenters. The topological polar surface area (TPSA) is 16.1 Å². The van der Waals surface area contributed by atoms with E-state index in [2.05, 4.69) is 23.1 Å². The summed E-state index contributed by atoms with van der Waals surface area (Å²) in [6, 6.07) is 12.2. The van der Waals surface area contributed by atoms with Gasteiger partial charge in [0.2, 0.25) is 0 Å². The van der Waals surface area contributed by atoms with Gasteiger partial charge >= 0.3 is 0 Å². The van der Waals surface area contributed by atoms with E-state index in [0.29, 0.717) is 0 Å². The second kappa shape index (κ2) is 8.90. The van der Waals surface area contributed by atoms with Gasteiger partial charge in [0, 0.05) is 23.1 Å². The van der Waals surface area contributed by atoms with Crippen LogP contribution in [0.15, 0.2) is 36.4 Å². The zero-order valence-corrected chi connectivity index (χ0v) is 17.5. The number of aromatic nitrogens is 1. The highest BCUT2D eigenvalue weighted by Crippen LogP contribution is 2.27. The molecular formula is C20H21Cl3N2S. The van der Waals surface area contributed by atoms with E-state index in [9.17, 15) is 0 Å². The van der Waals surface area contributed by atoms with Crippen molar-refractivity contribution in [2.45, 2.75) is 32.2 Å². The number of aryl methyl sites for hydroxylation is 1. The van der Waals surface area contributed by atoms with Gasteiger partial charge in [-0.1, -0.05) is 35.3 Å². The van der Waals surface area contributed by atoms with Crippen LogP contribution in [0.2, 0.25) is 10.0 Å². The molecule has 0 radical (unpaired) electrons. The molecule has 1 aromatic heterocycles. The van der Waals surface area contributed by atoms with Gasteiger partial charge in [-0.2, -0.15) is 0 Å². The molecule has 1 aliphatic heterocycles. The first-order chi connectivity index (χ1) is 12.2. The Labute approximate surface area is 174 Å². The fourth-order valence-electron chi connectivity index (χ4n) is 3.48. The minimum absolute atomic E-state index is 0. The summed E-state index contributed by atoms with van der Waals surface area (Å²) in [4.78, 5) is 7.24. The summed E-state index contributed by atoms with van der Waals surface area (Å²) in [6.07, 6.45) is 4.49. The van der Waals surface area contributed by atoms with Crippen LogP contribution in [-0.4, -0.2) is 23.0 Å². The van der Waals surface area contributed by atoms with Crippen LogP contribution in [0.1, 0.15) is 29.0 Å². The monoisotopic (exact) mass is 426 g/mol. The highest BCUT2D eigenvalue weighted by molar-refractivity contribution is 7.18. The van der Waals surface area contributed by atoms with Crippen LogP contribution in [0.25, 0.3) is 10.2 Å². The summed E-state index contributed by atoms with van der Waals surface area (Å²) >= 11 is 14.1. The van der Waals surface area contributed by atoms with Crippen molar-refractivity contribution in [3.63, 3.8) is 0 Å². The zero-order chi connectivity index (χ0) is 17.2. The number of thiazole rings is 1. The molecule has 0 amide bonds. The van der Waals surface area contributed by atoms with E-state index < -0.39 is 0 Å². The van der Waals surface area contributed by atoms with Crippen molar-refractivity contribution in [2.75, 3.05) is 13.1 Å². The summed E-state index contributed by atoms with van der Waals surface area (Å²) in [6.45, 7) is 3.27. The molecule has 1 aliphatic rings. The fraction of sp³-hybridized carbons (Fsp3) is 0.350. The van der Waals surface area contributed by atoms with Crippen LogP contribution in [0.5, 0.6) is 0 Å². The van der Waals surface area contributed by atoms with E-state index in [-0.39, 0.29) is 12.4 Å². The molecule has 0 aliphatic carbocycles. The normalized spacial score (nSPS) is 14.2. The minimum Gasteiger partial charge on any atom is -0.299 e. The number of halogens is 3. The number of hydrogen-bond acceptors (Lipinski definition) is 3. The van der Waals surface area contributed by atoms with Crippen LogP contribution in [0, 0.1) is 0 Å². The SMILES string of the molecule is Cl.Clc1ccc2sc(CCCCN3CCc4c(Cl)cccc4C3)nc2c1. The lowest BCUT2D eigenvalue weighted by molar-refractivity contribution is 0.249. The first kappa shape index (κ1) is 19.9. The van der Waals surface area contributed by atoms with E-state index in [1.165, 1.54) is 33.7 Å². The summed E-state index contributed by atoms with van der Waals surface area (Å²) in [7, 11) is 0. The second-order valence-electron chi connectivity index (χ2n) is 6.58. The Kier molecular flexibility index (Phi) is 6.81. The molecule has 4 rings (SSSR count). The third kappa shape index (κ3) is 4.52. The lowest BCUT2D eigenvalue weighted by Crippen LogP contribution is -2.31. The molecule has 3 aromatic rings. The summed E-state index contributed by atoms with van der Waals surface area (Å²) in [5.41, 5.74) is 3.76. The minimum atomic E-state index is 0. The van der Waals surface area contributed by atoms with Crippen molar-refractivity contribution in [2.24, 2.45) is 0 Å². The average Bonchev–Trinajstić information content (AvgIpc) is 3.01. The van der Waals surface area contributed by atoms with E-state index in [4.69, 9.17) is 28.2 Å². The Morgan fingerprint density at radius 2 is 2.00 bits per heavy atom. The Balaban J connectivity index is 0.00000196. The summed E-state index contributed by atoms with van der Waals surface area (Å²) in [5, 5.41) is 2.90. The molecule has 6 heteroatoms. The van der Waals surface area contributed by atoms with Crippen LogP contribution in [-0.2, 0) is 19.4 Å². The van der Waals surface area contributed by atoms with Gasteiger partial charge in [0.25, 0.3) is 0 Å². The van der Waals surface area contributed by atoms with Gasteiger partial charge in [0.15, 0.2) is 0 Å². The van der Waals surface area contributed by atoms with Crippen molar-refractivity contribution < 1.29 is 0 Å². The van der Waals surface area contributed by atoms with Crippen LogP contribution >= 0.6 is 46.9 Å². The highest BCUT2D eigenvalue weighted by Gasteiger charge is 2.17. The zero-order valence-electron chi connectivity index (χ0n) is 14.4. The fourth-order valence-corrected chi connectivity index (χ4v) is 4.92. The Morgan fingerprint density at radius 1 is 1.12 bits per heavy atom. The molecular weight excluding hydrogens is 407 g/mol. The number of hydrogen-bond donors (Lipinski definition) is 0. The molecule has 0 bridgehead atoms. The quantitative estimate of drug-likeness (QED) is 0.438. The standard InChI is InChI=1S/C20H20Cl2N2S.ClH/c21-15-7-8-19-18(12-15)23-20(25-19)6-1-2-10-24-11-9-16-14(13-24)4-3-5-17(16)22;/h3-5,7-8,12H,1-2,6,9-11,13H2;1H. The second-order valence-corrected chi connectivity index (χ2v) is 8.54. The molecule has 0 unspecified atom stereocenters. The van der Waals surface area contributed by atoms with Gasteiger partial charge in [0.1, 0.15) is 0 Å². The number of unbranched alkanes of at least 4 members (excludes halogenated alkanes) is 1. The first-order valence-electron chi connectivity index (χ1n) is 8.72. The maximum Gasteiger partial charge on any atom is 0.0938 e. The maximum absolute atomic E-state index is 6.30. The van der Waals surface area contributed by atoms with Gasteiger partial charge < -0.3 is 0 Å². The lowest BCUT2D eigenvalue weighted by atomic mass is 9.99. The predicted octanol–water partition coefficient (Wildman–Crippen LogP) is 6.41. The number of rotatable bonds is 5. The van der Waals surface area contributed by atoms with E-state index in [0.717, 1.165) is 48.0 Å². The molecule has 2 nitrogen and oxygen atoms in total. The first-order valence-corrected chi connectivity index (χ1v) is 10.3. The van der Waals surface area contributed by atoms with Crippen LogP contribution in [0.3, 0.4) is 0 Å². The third-order valence-electron chi connectivity index (χ3n) is 4.80. The van der Waals surface area contributed by atoms with Crippen molar-refractivity contribution in [1.82, 2.24) is 9.88 Å². The smallest absolute Gasteiger partial charge is 0.0938 e. The lowest BCUT2D eigenvalue weighted by Gasteiger charge is -2.29. The Morgan fingerprint density at radius 3 is 2.88 bits per heavy atom. The van der Waals surface area contributed by atoms with Crippen LogP contribution < -0.4 is 0 Å². The van der Waals surface area contributed by atoms with Crippen LogP contribution in [0.4, 0.5) is 0 Å². The number of fused-ring (bicyclic) bond motifs is 2. The number of benzene rings is 2. The van der Waals surface area contributed by atoms with Gasteiger partial charge in [-0.3, -0.25) is 4.90 Å². The van der Waals surface area contributed by atoms with Gasteiger partial charge in [-0.15, -0.1) is 23.7 Å².